The monoisotopic (exact) mass is 270 g/mol. The molecule has 1 aliphatic heterocycles. The lowest BCUT2D eigenvalue weighted by Crippen LogP contribution is -2.50. The van der Waals surface area contributed by atoms with E-state index in [-0.39, 0.29) is 23.7 Å². The van der Waals surface area contributed by atoms with Crippen molar-refractivity contribution >= 4 is 0 Å². The number of hydrogen-bond donors (Lipinski definition) is 2. The molecule has 106 valence electrons. The highest BCUT2D eigenvalue weighted by Gasteiger charge is 2.25. The Kier molecular flexibility index (Phi) is 5.09. The fourth-order valence-corrected chi connectivity index (χ4v) is 2.14. The number of methoxy groups -OCH3 is 1. The average Bonchev–Trinajstić information content (AvgIpc) is 2.47. The van der Waals surface area contributed by atoms with Gasteiger partial charge >= 0.3 is 0 Å². The molecule has 0 radical (unpaired) electrons. The molecule has 1 aromatic carbocycles. The van der Waals surface area contributed by atoms with Crippen molar-refractivity contribution in [3.63, 3.8) is 0 Å². The summed E-state index contributed by atoms with van der Waals surface area (Å²) in [5.41, 5.74) is 3.21. The molecule has 3 N–H and O–H groups in total. The number of benzene rings is 1. The van der Waals surface area contributed by atoms with Gasteiger partial charge in [0.05, 0.1) is 39.1 Å². The Morgan fingerprint density at radius 3 is 3.00 bits per heavy atom. The second-order valence-corrected chi connectivity index (χ2v) is 4.39. The molecule has 0 aliphatic carbocycles. The molecule has 2 unspecified atom stereocenters. The van der Waals surface area contributed by atoms with E-state index in [1.54, 1.807) is 18.2 Å². The zero-order valence-corrected chi connectivity index (χ0v) is 10.9. The summed E-state index contributed by atoms with van der Waals surface area (Å²) < 4.78 is 30.0. The van der Waals surface area contributed by atoms with Crippen LogP contribution >= 0.6 is 0 Å². The van der Waals surface area contributed by atoms with Gasteiger partial charge in [-0.3, -0.25) is 11.3 Å². The van der Waals surface area contributed by atoms with Crippen molar-refractivity contribution < 1.29 is 18.6 Å². The van der Waals surface area contributed by atoms with Crippen molar-refractivity contribution in [2.24, 2.45) is 5.84 Å². The predicted molar refractivity (Wildman–Crippen MR) is 68.3 cm³/mol. The Hall–Kier alpha value is -1.21. The second kappa shape index (κ2) is 6.81. The largest absolute Gasteiger partial charge is 0.494 e. The van der Waals surface area contributed by atoms with Gasteiger partial charge in [0.2, 0.25) is 0 Å². The van der Waals surface area contributed by atoms with E-state index < -0.39 is 0 Å². The molecule has 6 heteroatoms. The first kappa shape index (κ1) is 14.2. The summed E-state index contributed by atoms with van der Waals surface area (Å²) in [6.45, 7) is 1.57. The third-order valence-electron chi connectivity index (χ3n) is 3.21. The van der Waals surface area contributed by atoms with Gasteiger partial charge in [-0.2, -0.15) is 0 Å². The van der Waals surface area contributed by atoms with Gasteiger partial charge < -0.3 is 14.2 Å². The van der Waals surface area contributed by atoms with Gasteiger partial charge in [0.15, 0.2) is 11.6 Å². The summed E-state index contributed by atoms with van der Waals surface area (Å²) in [5.74, 6) is 5.40. The topological polar surface area (TPSA) is 65.7 Å². The third kappa shape index (κ3) is 3.42. The number of hydrogen-bond acceptors (Lipinski definition) is 5. The van der Waals surface area contributed by atoms with Crippen LogP contribution in [0.25, 0.3) is 0 Å². The molecule has 2 atom stereocenters. The minimum absolute atomic E-state index is 0.177. The quantitative estimate of drug-likeness (QED) is 0.606. The molecule has 0 saturated carbocycles. The molecular formula is C13H19FN2O3. The number of hydrazine groups is 1. The van der Waals surface area contributed by atoms with E-state index in [2.05, 4.69) is 5.43 Å². The maximum absolute atomic E-state index is 14.1. The summed E-state index contributed by atoms with van der Waals surface area (Å²) in [5, 5.41) is 0. The lowest BCUT2D eigenvalue weighted by atomic mass is 10.0. The van der Waals surface area contributed by atoms with Gasteiger partial charge in [0.25, 0.3) is 0 Å². The van der Waals surface area contributed by atoms with Crippen molar-refractivity contribution in [3.8, 4) is 5.75 Å². The second-order valence-electron chi connectivity index (χ2n) is 4.39. The molecule has 0 amide bonds. The van der Waals surface area contributed by atoms with E-state index in [0.29, 0.717) is 31.8 Å². The van der Waals surface area contributed by atoms with Crippen molar-refractivity contribution in [1.29, 1.82) is 0 Å². The number of ether oxygens (including phenoxy) is 3. The highest BCUT2D eigenvalue weighted by molar-refractivity contribution is 5.31. The zero-order chi connectivity index (χ0) is 13.7. The molecule has 1 aliphatic rings. The summed E-state index contributed by atoms with van der Waals surface area (Å²) in [6, 6.07) is 4.85. The van der Waals surface area contributed by atoms with Crippen LogP contribution in [0.3, 0.4) is 0 Å². The van der Waals surface area contributed by atoms with Crippen LogP contribution in [0.2, 0.25) is 0 Å². The smallest absolute Gasteiger partial charge is 0.168 e. The van der Waals surface area contributed by atoms with Crippen molar-refractivity contribution in [3.05, 3.63) is 29.6 Å². The maximum atomic E-state index is 14.1. The highest BCUT2D eigenvalue weighted by Crippen LogP contribution is 2.22. The highest BCUT2D eigenvalue weighted by atomic mass is 19.1. The third-order valence-corrected chi connectivity index (χ3v) is 3.21. The molecule has 1 aromatic rings. The standard InChI is InChI=1S/C13H19FN2O3/c1-17-11-4-2-3-9(13(11)14)7-10(16-15)12-8-18-5-6-19-12/h2-4,10,12,16H,5-8,15H2,1H3. The number of nitrogens with one attached hydrogen (secondary N) is 1. The Bertz CT molecular complexity index is 411. The minimum Gasteiger partial charge on any atom is -0.494 e. The van der Waals surface area contributed by atoms with Crippen LogP contribution in [0.5, 0.6) is 5.75 Å². The molecule has 19 heavy (non-hydrogen) atoms. The van der Waals surface area contributed by atoms with Gasteiger partial charge in [-0.25, -0.2) is 4.39 Å². The fraction of sp³-hybridized carbons (Fsp3) is 0.538. The summed E-state index contributed by atoms with van der Waals surface area (Å²) in [4.78, 5) is 0. The first-order valence-corrected chi connectivity index (χ1v) is 6.23. The maximum Gasteiger partial charge on any atom is 0.168 e. The normalized spacial score (nSPS) is 21.1. The molecule has 1 fully saturated rings. The Labute approximate surface area is 111 Å². The van der Waals surface area contributed by atoms with Crippen LogP contribution in [0.15, 0.2) is 18.2 Å². The molecule has 2 rings (SSSR count). The molecule has 0 bridgehead atoms. The summed E-state index contributed by atoms with van der Waals surface area (Å²) in [7, 11) is 1.44. The molecule has 1 heterocycles. The van der Waals surface area contributed by atoms with Gasteiger partial charge in [0.1, 0.15) is 0 Å². The van der Waals surface area contributed by atoms with Gasteiger partial charge in [-0.15, -0.1) is 0 Å². The Morgan fingerprint density at radius 1 is 1.53 bits per heavy atom. The van der Waals surface area contributed by atoms with E-state index in [9.17, 15) is 4.39 Å². The van der Waals surface area contributed by atoms with Crippen LogP contribution < -0.4 is 16.0 Å². The number of rotatable bonds is 5. The fourth-order valence-electron chi connectivity index (χ4n) is 2.14. The molecule has 0 aromatic heterocycles. The SMILES string of the molecule is COc1cccc(CC(NN)C2COCCO2)c1F. The van der Waals surface area contributed by atoms with E-state index >= 15 is 0 Å². The van der Waals surface area contributed by atoms with Crippen molar-refractivity contribution in [2.45, 2.75) is 18.6 Å². The first-order valence-electron chi connectivity index (χ1n) is 6.23. The van der Waals surface area contributed by atoms with E-state index in [1.165, 1.54) is 7.11 Å². The molecule has 1 saturated heterocycles. The number of halogens is 1. The van der Waals surface area contributed by atoms with Crippen molar-refractivity contribution in [2.75, 3.05) is 26.9 Å². The van der Waals surface area contributed by atoms with Crippen LogP contribution in [0.4, 0.5) is 4.39 Å². The van der Waals surface area contributed by atoms with Gasteiger partial charge in [-0.1, -0.05) is 12.1 Å². The van der Waals surface area contributed by atoms with Gasteiger partial charge in [0, 0.05) is 0 Å². The lowest BCUT2D eigenvalue weighted by Gasteiger charge is -2.30. The lowest BCUT2D eigenvalue weighted by molar-refractivity contribution is -0.101. The Morgan fingerprint density at radius 2 is 2.37 bits per heavy atom. The van der Waals surface area contributed by atoms with E-state index in [4.69, 9.17) is 20.1 Å². The summed E-state index contributed by atoms with van der Waals surface area (Å²) >= 11 is 0. The zero-order valence-electron chi connectivity index (χ0n) is 10.9. The van der Waals surface area contributed by atoms with Crippen LogP contribution in [0.1, 0.15) is 5.56 Å². The van der Waals surface area contributed by atoms with Gasteiger partial charge in [-0.05, 0) is 18.1 Å². The first-order chi connectivity index (χ1) is 9.26. The summed E-state index contributed by atoms with van der Waals surface area (Å²) in [6.07, 6.45) is 0.234. The molecular weight excluding hydrogens is 251 g/mol. The minimum atomic E-state index is -0.359. The molecule has 0 spiro atoms. The van der Waals surface area contributed by atoms with Crippen molar-refractivity contribution in [1.82, 2.24) is 5.43 Å². The van der Waals surface area contributed by atoms with E-state index in [1.807, 2.05) is 0 Å². The average molecular weight is 270 g/mol. The Balaban J connectivity index is 2.09. The van der Waals surface area contributed by atoms with E-state index in [0.717, 1.165) is 0 Å². The number of nitrogens with two attached hydrogens (primary N) is 1. The van der Waals surface area contributed by atoms with Crippen LogP contribution in [0, 0.1) is 5.82 Å². The predicted octanol–water partition coefficient (Wildman–Crippen LogP) is 0.624. The van der Waals surface area contributed by atoms with Crippen LogP contribution in [-0.2, 0) is 15.9 Å². The molecule has 5 nitrogen and oxygen atoms in total. The van der Waals surface area contributed by atoms with Crippen LogP contribution in [-0.4, -0.2) is 39.1 Å².